The Bertz CT molecular complexity index is 639. The Kier molecular flexibility index (Phi) is 2.68. The molecule has 0 saturated heterocycles. The van der Waals surface area contributed by atoms with E-state index in [0.717, 1.165) is 18.6 Å². The molecule has 2 nitrogen and oxygen atoms in total. The lowest BCUT2D eigenvalue weighted by Crippen LogP contribution is -2.10. The first-order chi connectivity index (χ1) is 8.85. The summed E-state index contributed by atoms with van der Waals surface area (Å²) in [6.45, 7) is 0. The van der Waals surface area contributed by atoms with E-state index in [4.69, 9.17) is 10.00 Å². The molecular formula is C16H15NO. The molecule has 0 aromatic heterocycles. The van der Waals surface area contributed by atoms with E-state index in [9.17, 15) is 0 Å². The zero-order valence-electron chi connectivity index (χ0n) is 10.4. The maximum absolute atomic E-state index is 8.99. The summed E-state index contributed by atoms with van der Waals surface area (Å²) in [5.74, 6) is 1.23. The number of hydrogen-bond donors (Lipinski definition) is 0. The molecule has 1 aliphatic rings. The van der Waals surface area contributed by atoms with Crippen LogP contribution in [0.15, 0.2) is 30.3 Å². The lowest BCUT2D eigenvalue weighted by atomic mass is 9.79. The second-order valence-corrected chi connectivity index (χ2v) is 4.79. The Morgan fingerprint density at radius 1 is 1.33 bits per heavy atom. The Morgan fingerprint density at radius 2 is 2.22 bits per heavy atom. The Hall–Kier alpha value is -2.01. The second-order valence-electron chi connectivity index (χ2n) is 4.79. The number of benzene rings is 2. The van der Waals surface area contributed by atoms with Crippen molar-refractivity contribution in [1.82, 2.24) is 0 Å². The first-order valence-corrected chi connectivity index (χ1v) is 6.30. The molecule has 0 unspecified atom stereocenters. The highest BCUT2D eigenvalue weighted by atomic mass is 16.5. The molecule has 0 N–H and O–H groups in total. The zero-order chi connectivity index (χ0) is 12.5. The smallest absolute Gasteiger partial charge is 0.123 e. The maximum atomic E-state index is 8.99. The van der Waals surface area contributed by atoms with Gasteiger partial charge in [0, 0.05) is 17.9 Å². The van der Waals surface area contributed by atoms with Gasteiger partial charge < -0.3 is 4.74 Å². The summed E-state index contributed by atoms with van der Waals surface area (Å²) in [5, 5.41) is 11.6. The number of nitrogens with zero attached hydrogens (tertiary/aromatic N) is 1. The highest BCUT2D eigenvalue weighted by molar-refractivity contribution is 5.92. The highest BCUT2D eigenvalue weighted by Gasteiger charge is 2.24. The Morgan fingerprint density at radius 3 is 3.00 bits per heavy atom. The van der Waals surface area contributed by atoms with E-state index < -0.39 is 0 Å². The van der Waals surface area contributed by atoms with Crippen molar-refractivity contribution < 1.29 is 4.74 Å². The van der Waals surface area contributed by atoms with Crippen molar-refractivity contribution in [3.8, 4) is 11.8 Å². The topological polar surface area (TPSA) is 33.0 Å². The fraction of sp³-hybridized carbons (Fsp3) is 0.312. The third-order valence-corrected chi connectivity index (χ3v) is 3.86. The van der Waals surface area contributed by atoms with Crippen LogP contribution in [-0.2, 0) is 6.42 Å². The van der Waals surface area contributed by atoms with Crippen molar-refractivity contribution in [2.24, 2.45) is 0 Å². The average molecular weight is 237 g/mol. The molecule has 0 amide bonds. The molecule has 2 aromatic rings. The minimum atomic E-state index is 0.309. The SMILES string of the molecule is COc1ccc2cccc3c2c1[C@H](CC#N)CC3. The van der Waals surface area contributed by atoms with Gasteiger partial charge in [-0.1, -0.05) is 24.3 Å². The molecule has 0 radical (unpaired) electrons. The van der Waals surface area contributed by atoms with Gasteiger partial charge in [-0.2, -0.15) is 5.26 Å². The molecule has 2 aromatic carbocycles. The van der Waals surface area contributed by atoms with Gasteiger partial charge in [-0.15, -0.1) is 0 Å². The molecule has 90 valence electrons. The average Bonchev–Trinajstić information content (AvgIpc) is 2.42. The van der Waals surface area contributed by atoms with Gasteiger partial charge in [-0.05, 0) is 35.2 Å². The van der Waals surface area contributed by atoms with Gasteiger partial charge in [0.1, 0.15) is 5.75 Å². The van der Waals surface area contributed by atoms with Gasteiger partial charge in [0.05, 0.1) is 13.2 Å². The van der Waals surface area contributed by atoms with Crippen molar-refractivity contribution in [3.05, 3.63) is 41.5 Å². The molecule has 0 aliphatic heterocycles. The summed E-state index contributed by atoms with van der Waals surface area (Å²) in [7, 11) is 1.71. The first-order valence-electron chi connectivity index (χ1n) is 6.30. The third kappa shape index (κ3) is 1.55. The second kappa shape index (κ2) is 4.34. The van der Waals surface area contributed by atoms with Gasteiger partial charge in [0.2, 0.25) is 0 Å². The molecule has 18 heavy (non-hydrogen) atoms. The molecule has 2 heteroatoms. The van der Waals surface area contributed by atoms with Gasteiger partial charge in [0.15, 0.2) is 0 Å². The predicted octanol–water partition coefficient (Wildman–Crippen LogP) is 3.79. The summed E-state index contributed by atoms with van der Waals surface area (Å²) in [6, 6.07) is 12.9. The minimum absolute atomic E-state index is 0.309. The summed E-state index contributed by atoms with van der Waals surface area (Å²) in [6.07, 6.45) is 2.67. The van der Waals surface area contributed by atoms with Crippen LogP contribution in [0.1, 0.15) is 29.9 Å². The Balaban J connectivity index is 2.33. The highest BCUT2D eigenvalue weighted by Crippen LogP contribution is 2.43. The largest absolute Gasteiger partial charge is 0.496 e. The molecule has 0 spiro atoms. The summed E-state index contributed by atoms with van der Waals surface area (Å²) in [4.78, 5) is 0. The molecule has 0 bridgehead atoms. The minimum Gasteiger partial charge on any atom is -0.496 e. The molecule has 0 saturated carbocycles. The normalized spacial score (nSPS) is 17.4. The summed E-state index contributed by atoms with van der Waals surface area (Å²) < 4.78 is 5.50. The number of aryl methyl sites for hydroxylation is 1. The van der Waals surface area contributed by atoms with Crippen LogP contribution in [0.2, 0.25) is 0 Å². The van der Waals surface area contributed by atoms with E-state index in [1.54, 1.807) is 7.11 Å². The van der Waals surface area contributed by atoms with Crippen LogP contribution in [0.4, 0.5) is 0 Å². The lowest BCUT2D eigenvalue weighted by molar-refractivity contribution is 0.404. The number of hydrogen-bond acceptors (Lipinski definition) is 2. The number of rotatable bonds is 2. The predicted molar refractivity (Wildman–Crippen MR) is 71.8 cm³/mol. The van der Waals surface area contributed by atoms with Crippen molar-refractivity contribution in [2.45, 2.75) is 25.2 Å². The first kappa shape index (κ1) is 11.1. The maximum Gasteiger partial charge on any atom is 0.123 e. The van der Waals surface area contributed by atoms with Crippen LogP contribution < -0.4 is 4.74 Å². The van der Waals surface area contributed by atoms with E-state index in [2.05, 4.69) is 30.3 Å². The Labute approximate surface area is 107 Å². The number of nitriles is 1. The van der Waals surface area contributed by atoms with Gasteiger partial charge >= 0.3 is 0 Å². The fourth-order valence-corrected chi connectivity index (χ4v) is 3.05. The lowest BCUT2D eigenvalue weighted by Gasteiger charge is -2.26. The van der Waals surface area contributed by atoms with Gasteiger partial charge in [0.25, 0.3) is 0 Å². The van der Waals surface area contributed by atoms with Crippen molar-refractivity contribution in [3.63, 3.8) is 0 Å². The van der Waals surface area contributed by atoms with E-state index in [0.29, 0.717) is 12.3 Å². The summed E-state index contributed by atoms with van der Waals surface area (Å²) in [5.41, 5.74) is 2.62. The van der Waals surface area contributed by atoms with Crippen LogP contribution in [-0.4, -0.2) is 7.11 Å². The van der Waals surface area contributed by atoms with E-state index in [1.165, 1.54) is 21.9 Å². The van der Waals surface area contributed by atoms with Crippen LogP contribution in [0.5, 0.6) is 5.75 Å². The molecule has 3 rings (SSSR count). The third-order valence-electron chi connectivity index (χ3n) is 3.86. The van der Waals surface area contributed by atoms with Crippen molar-refractivity contribution >= 4 is 10.8 Å². The summed E-state index contributed by atoms with van der Waals surface area (Å²) >= 11 is 0. The molecule has 1 atom stereocenters. The molecule has 0 heterocycles. The molecule has 1 aliphatic carbocycles. The quantitative estimate of drug-likeness (QED) is 0.796. The molecule has 0 fully saturated rings. The number of methoxy groups -OCH3 is 1. The van der Waals surface area contributed by atoms with Gasteiger partial charge in [-0.25, -0.2) is 0 Å². The molecular weight excluding hydrogens is 222 g/mol. The van der Waals surface area contributed by atoms with Crippen LogP contribution >= 0.6 is 0 Å². The van der Waals surface area contributed by atoms with Crippen LogP contribution in [0.25, 0.3) is 10.8 Å². The standard InChI is InChI=1S/C16H15NO/c1-18-14-8-7-12-4-2-3-11-5-6-13(9-10-17)16(14)15(11)12/h2-4,7-8,13H,5-6,9H2,1H3/t13-/m0/s1. The van der Waals surface area contributed by atoms with E-state index >= 15 is 0 Å². The van der Waals surface area contributed by atoms with E-state index in [1.807, 2.05) is 6.07 Å². The number of ether oxygens (including phenoxy) is 1. The van der Waals surface area contributed by atoms with Crippen LogP contribution in [0, 0.1) is 11.3 Å². The van der Waals surface area contributed by atoms with Crippen LogP contribution in [0.3, 0.4) is 0 Å². The monoisotopic (exact) mass is 237 g/mol. The fourth-order valence-electron chi connectivity index (χ4n) is 3.05. The van der Waals surface area contributed by atoms with Gasteiger partial charge in [-0.3, -0.25) is 0 Å². The van der Waals surface area contributed by atoms with Crippen molar-refractivity contribution in [1.29, 1.82) is 5.26 Å². The van der Waals surface area contributed by atoms with E-state index in [-0.39, 0.29) is 0 Å². The zero-order valence-corrected chi connectivity index (χ0v) is 10.4. The van der Waals surface area contributed by atoms with Crippen molar-refractivity contribution in [2.75, 3.05) is 7.11 Å².